The molecule has 0 spiro atoms. The van der Waals surface area contributed by atoms with Gasteiger partial charge in [-0.2, -0.15) is 0 Å². The van der Waals surface area contributed by atoms with Crippen molar-refractivity contribution >= 4 is 17.3 Å². The van der Waals surface area contributed by atoms with Crippen molar-refractivity contribution in [2.75, 3.05) is 5.32 Å². The number of anilines is 1. The number of nitrogens with zero attached hydrogens (tertiary/aromatic N) is 3. The topological polar surface area (TPSA) is 111 Å². The van der Waals surface area contributed by atoms with E-state index in [0.717, 1.165) is 0 Å². The minimum Gasteiger partial charge on any atom is -0.320 e. The number of amides is 1. The van der Waals surface area contributed by atoms with Crippen LogP contribution >= 0.6 is 0 Å². The molecule has 0 saturated heterocycles. The molecule has 0 radical (unpaired) electrons. The maximum absolute atomic E-state index is 11.5. The van der Waals surface area contributed by atoms with E-state index in [4.69, 9.17) is 0 Å². The molecule has 86 valence electrons. The first-order valence-corrected chi connectivity index (χ1v) is 4.50. The highest BCUT2D eigenvalue weighted by Gasteiger charge is 2.11. The van der Waals surface area contributed by atoms with Gasteiger partial charge in [0.25, 0.3) is 11.6 Å². The van der Waals surface area contributed by atoms with Gasteiger partial charge in [-0.25, -0.2) is 4.63 Å². The molecule has 17 heavy (non-hydrogen) atoms. The summed E-state index contributed by atoms with van der Waals surface area (Å²) in [7, 11) is 0. The number of nitrogens with one attached hydrogen (secondary N) is 1. The van der Waals surface area contributed by atoms with E-state index < -0.39 is 10.8 Å². The summed E-state index contributed by atoms with van der Waals surface area (Å²) in [5.41, 5.74) is 0.401. The van der Waals surface area contributed by atoms with Crippen molar-refractivity contribution < 1.29 is 14.3 Å². The van der Waals surface area contributed by atoms with Gasteiger partial charge in [-0.3, -0.25) is 14.9 Å². The number of non-ortho nitro benzene ring substituents is 1. The first kappa shape index (κ1) is 10.7. The number of carbonyl (C=O) groups excluding carboxylic acids is 1. The molecule has 2 rings (SSSR count). The molecular formula is C9H6N4O4. The Morgan fingerprint density at radius 1 is 1.35 bits per heavy atom. The number of aromatic nitrogens is 2. The highest BCUT2D eigenvalue weighted by molar-refractivity contribution is 6.02. The summed E-state index contributed by atoms with van der Waals surface area (Å²) in [5.74, 6) is -0.500. The number of nitro benzene ring substituents is 1. The van der Waals surface area contributed by atoms with Crippen LogP contribution in [0.1, 0.15) is 10.5 Å². The summed E-state index contributed by atoms with van der Waals surface area (Å²) in [6, 6.07) is 5.42. The van der Waals surface area contributed by atoms with Crippen molar-refractivity contribution in [2.45, 2.75) is 0 Å². The molecule has 1 N–H and O–H groups in total. The van der Waals surface area contributed by atoms with Crippen LogP contribution in [-0.4, -0.2) is 21.1 Å². The second-order valence-corrected chi connectivity index (χ2v) is 3.05. The van der Waals surface area contributed by atoms with E-state index in [1.807, 2.05) is 0 Å². The van der Waals surface area contributed by atoms with E-state index in [1.54, 1.807) is 0 Å². The fourth-order valence-electron chi connectivity index (χ4n) is 1.13. The van der Waals surface area contributed by atoms with Gasteiger partial charge >= 0.3 is 0 Å². The van der Waals surface area contributed by atoms with Crippen molar-refractivity contribution in [3.63, 3.8) is 0 Å². The first-order chi connectivity index (χ1) is 8.16. The van der Waals surface area contributed by atoms with Crippen molar-refractivity contribution in [2.24, 2.45) is 0 Å². The van der Waals surface area contributed by atoms with Crippen LogP contribution in [0.4, 0.5) is 11.4 Å². The lowest BCUT2D eigenvalue weighted by Crippen LogP contribution is -2.12. The van der Waals surface area contributed by atoms with E-state index in [1.165, 1.54) is 30.5 Å². The SMILES string of the molecule is O=C(Nc1ccc([N+](=O)[O-])cc1)c1cnon1. The van der Waals surface area contributed by atoms with Gasteiger partial charge in [0.05, 0.1) is 4.92 Å². The number of hydrogen-bond donors (Lipinski definition) is 1. The highest BCUT2D eigenvalue weighted by atomic mass is 16.6. The zero-order valence-corrected chi connectivity index (χ0v) is 8.36. The Morgan fingerprint density at radius 2 is 2.06 bits per heavy atom. The molecule has 0 atom stereocenters. The third kappa shape index (κ3) is 2.43. The average molecular weight is 234 g/mol. The van der Waals surface area contributed by atoms with E-state index in [2.05, 4.69) is 20.3 Å². The van der Waals surface area contributed by atoms with Gasteiger partial charge in [0.2, 0.25) is 0 Å². The van der Waals surface area contributed by atoms with Crippen LogP contribution in [0, 0.1) is 10.1 Å². The van der Waals surface area contributed by atoms with E-state index in [9.17, 15) is 14.9 Å². The quantitative estimate of drug-likeness (QED) is 0.631. The third-order valence-corrected chi connectivity index (χ3v) is 1.93. The van der Waals surface area contributed by atoms with Crippen LogP contribution in [0.5, 0.6) is 0 Å². The van der Waals surface area contributed by atoms with Crippen LogP contribution in [0.15, 0.2) is 35.1 Å². The Bertz CT molecular complexity index is 535. The maximum Gasteiger partial charge on any atom is 0.279 e. The molecule has 1 aromatic heterocycles. The van der Waals surface area contributed by atoms with E-state index in [-0.39, 0.29) is 11.4 Å². The van der Waals surface area contributed by atoms with Crippen molar-refractivity contribution in [1.29, 1.82) is 0 Å². The second-order valence-electron chi connectivity index (χ2n) is 3.05. The van der Waals surface area contributed by atoms with E-state index >= 15 is 0 Å². The van der Waals surface area contributed by atoms with Crippen LogP contribution < -0.4 is 5.32 Å². The number of hydrogen-bond acceptors (Lipinski definition) is 6. The lowest BCUT2D eigenvalue weighted by molar-refractivity contribution is -0.384. The van der Waals surface area contributed by atoms with E-state index in [0.29, 0.717) is 5.69 Å². The zero-order valence-electron chi connectivity index (χ0n) is 8.36. The number of rotatable bonds is 3. The smallest absolute Gasteiger partial charge is 0.279 e. The van der Waals surface area contributed by atoms with Gasteiger partial charge < -0.3 is 5.32 Å². The Hall–Kier alpha value is -2.77. The molecular weight excluding hydrogens is 228 g/mol. The van der Waals surface area contributed by atoms with Gasteiger partial charge in [-0.05, 0) is 17.3 Å². The largest absolute Gasteiger partial charge is 0.320 e. The minimum atomic E-state index is -0.521. The van der Waals surface area contributed by atoms with Crippen molar-refractivity contribution in [3.8, 4) is 0 Å². The number of nitro groups is 1. The molecule has 1 amide bonds. The lowest BCUT2D eigenvalue weighted by Gasteiger charge is -2.01. The standard InChI is InChI=1S/C9H6N4O4/c14-9(8-5-10-17-12-8)11-6-1-3-7(4-2-6)13(15)16/h1-5H,(H,11,14). The third-order valence-electron chi connectivity index (χ3n) is 1.93. The molecule has 1 heterocycles. The van der Waals surface area contributed by atoms with Crippen LogP contribution in [0.3, 0.4) is 0 Å². The maximum atomic E-state index is 11.5. The normalized spacial score (nSPS) is 9.88. The summed E-state index contributed by atoms with van der Waals surface area (Å²) >= 11 is 0. The summed E-state index contributed by atoms with van der Waals surface area (Å²) in [6.07, 6.45) is 1.17. The van der Waals surface area contributed by atoms with Gasteiger partial charge in [0.15, 0.2) is 5.69 Å². The molecule has 8 nitrogen and oxygen atoms in total. The average Bonchev–Trinajstić information content (AvgIpc) is 2.83. The van der Waals surface area contributed by atoms with Crippen LogP contribution in [0.2, 0.25) is 0 Å². The van der Waals surface area contributed by atoms with Crippen LogP contribution in [-0.2, 0) is 0 Å². The fraction of sp³-hybridized carbons (Fsp3) is 0. The van der Waals surface area contributed by atoms with Crippen LogP contribution in [0.25, 0.3) is 0 Å². The molecule has 0 aliphatic heterocycles. The predicted octanol–water partition coefficient (Wildman–Crippen LogP) is 1.23. The monoisotopic (exact) mass is 234 g/mol. The Labute approximate surface area is 94.4 Å². The molecule has 0 aliphatic rings. The summed E-state index contributed by atoms with van der Waals surface area (Å²) in [6.45, 7) is 0. The summed E-state index contributed by atoms with van der Waals surface area (Å²) in [5, 5.41) is 19.5. The first-order valence-electron chi connectivity index (χ1n) is 4.50. The Balaban J connectivity index is 2.09. The second kappa shape index (κ2) is 4.39. The van der Waals surface area contributed by atoms with Crippen molar-refractivity contribution in [1.82, 2.24) is 10.3 Å². The number of benzene rings is 1. The summed E-state index contributed by atoms with van der Waals surface area (Å²) < 4.78 is 4.27. The number of carbonyl (C=O) groups is 1. The molecule has 1 aromatic carbocycles. The molecule has 2 aromatic rings. The Kier molecular flexibility index (Phi) is 2.77. The summed E-state index contributed by atoms with van der Waals surface area (Å²) in [4.78, 5) is 21.4. The fourth-order valence-corrected chi connectivity index (χ4v) is 1.13. The minimum absolute atomic E-state index is 0.0309. The Morgan fingerprint density at radius 3 is 2.59 bits per heavy atom. The molecule has 0 bridgehead atoms. The molecule has 0 aliphatic carbocycles. The predicted molar refractivity (Wildman–Crippen MR) is 55.3 cm³/mol. The lowest BCUT2D eigenvalue weighted by atomic mass is 10.3. The van der Waals surface area contributed by atoms with Gasteiger partial charge in [0, 0.05) is 17.8 Å². The molecule has 8 heteroatoms. The highest BCUT2D eigenvalue weighted by Crippen LogP contribution is 2.15. The zero-order chi connectivity index (χ0) is 12.3. The van der Waals surface area contributed by atoms with Crippen molar-refractivity contribution in [3.05, 3.63) is 46.3 Å². The van der Waals surface area contributed by atoms with Gasteiger partial charge in [0.1, 0.15) is 6.20 Å². The molecule has 0 saturated carbocycles. The molecule has 0 fully saturated rings. The van der Waals surface area contributed by atoms with Gasteiger partial charge in [-0.15, -0.1) is 0 Å². The molecule has 0 unspecified atom stereocenters. The van der Waals surface area contributed by atoms with Gasteiger partial charge in [-0.1, -0.05) is 5.16 Å².